The van der Waals surface area contributed by atoms with E-state index < -0.39 is 36.9 Å². The normalized spacial score (nSPS) is 13.8. The molecular weight excluding hydrogens is 803 g/mol. The van der Waals surface area contributed by atoms with E-state index in [0.717, 1.165) is 38.5 Å². The highest BCUT2D eigenvalue weighted by atomic mass is 16.3. The van der Waals surface area contributed by atoms with Crippen LogP contribution in [0.1, 0.15) is 328 Å². The van der Waals surface area contributed by atoms with Gasteiger partial charge in [-0.1, -0.05) is 302 Å². The number of aliphatic hydroxyl groups excluding tert-OH is 4. The molecule has 0 fully saturated rings. The zero-order chi connectivity index (χ0) is 47.4. The first-order chi connectivity index (χ1) is 32.0. The van der Waals surface area contributed by atoms with Crippen LogP contribution in [0.4, 0.5) is 0 Å². The minimum atomic E-state index is -1.28. The molecule has 0 aromatic rings. The van der Waals surface area contributed by atoms with Gasteiger partial charge in [-0.3, -0.25) is 4.79 Å². The number of hydrogen-bond acceptors (Lipinski definition) is 5. The molecule has 0 aromatic carbocycles. The van der Waals surface area contributed by atoms with Crippen molar-refractivity contribution < 1.29 is 25.2 Å². The lowest BCUT2D eigenvalue weighted by atomic mass is 10.00. The maximum atomic E-state index is 12.6. The molecule has 65 heavy (non-hydrogen) atoms. The molecule has 4 unspecified atom stereocenters. The van der Waals surface area contributed by atoms with E-state index in [1.54, 1.807) is 0 Å². The largest absolute Gasteiger partial charge is 0.394 e. The van der Waals surface area contributed by atoms with Crippen molar-refractivity contribution in [2.24, 2.45) is 0 Å². The summed E-state index contributed by atoms with van der Waals surface area (Å²) in [5, 5.41) is 44.0. The predicted octanol–water partition coefficient (Wildman–Crippen LogP) is 17.3. The highest BCUT2D eigenvalue weighted by Gasteiger charge is 2.28. The third kappa shape index (κ3) is 47.9. The number of hydrogen-bond donors (Lipinski definition) is 5. The van der Waals surface area contributed by atoms with Crippen molar-refractivity contribution in [3.8, 4) is 0 Å². The van der Waals surface area contributed by atoms with Crippen molar-refractivity contribution in [3.63, 3.8) is 0 Å². The molecule has 0 radical (unpaired) electrons. The van der Waals surface area contributed by atoms with Gasteiger partial charge in [0.2, 0.25) is 5.91 Å². The van der Waals surface area contributed by atoms with Crippen molar-refractivity contribution in [3.05, 3.63) is 12.2 Å². The molecule has 6 heteroatoms. The van der Waals surface area contributed by atoms with Gasteiger partial charge in [-0.15, -0.1) is 0 Å². The average Bonchev–Trinajstić information content (AvgIpc) is 3.31. The third-order valence-electron chi connectivity index (χ3n) is 14.2. The topological polar surface area (TPSA) is 110 Å². The fourth-order valence-corrected chi connectivity index (χ4v) is 9.59. The number of amides is 1. The summed E-state index contributed by atoms with van der Waals surface area (Å²) in [6.45, 7) is 4.09. The van der Waals surface area contributed by atoms with Gasteiger partial charge in [0, 0.05) is 0 Å². The number of carbonyl (C=O) groups excluding carboxylic acids is 1. The van der Waals surface area contributed by atoms with Crippen LogP contribution in [0.25, 0.3) is 0 Å². The number of nitrogens with one attached hydrogen (secondary N) is 1. The van der Waals surface area contributed by atoms with Gasteiger partial charge in [0.15, 0.2) is 0 Å². The van der Waals surface area contributed by atoms with Crippen molar-refractivity contribution in [2.45, 2.75) is 353 Å². The van der Waals surface area contributed by atoms with Crippen LogP contribution in [0, 0.1) is 0 Å². The van der Waals surface area contributed by atoms with Gasteiger partial charge in [0.25, 0.3) is 0 Å². The third-order valence-corrected chi connectivity index (χ3v) is 14.2. The Hall–Kier alpha value is -0.950. The van der Waals surface area contributed by atoms with E-state index >= 15 is 0 Å². The Kier molecular flexibility index (Phi) is 53.2. The fourth-order valence-electron chi connectivity index (χ4n) is 9.59. The van der Waals surface area contributed by atoms with E-state index in [2.05, 4.69) is 31.3 Å². The van der Waals surface area contributed by atoms with Crippen LogP contribution in [-0.4, -0.2) is 57.3 Å². The molecule has 0 spiro atoms. The average molecular weight is 921 g/mol. The molecule has 4 atom stereocenters. The standard InChI is InChI=1S/C59H117NO5/c1-3-5-7-9-11-13-15-17-19-21-23-25-27-28-29-31-32-34-36-38-40-42-44-46-48-50-52-56(62)58(64)55(54-61)60-59(65)57(63)53-51-49-47-45-43-41-39-37-35-33-30-26-24-22-20-18-16-14-12-10-8-6-4-2/h44,46,55-58,61-64H,3-43,45,47-54H2,1-2H3,(H,60,65)/b46-44+. The number of aliphatic hydroxyl groups is 4. The lowest BCUT2D eigenvalue weighted by Gasteiger charge is -2.27. The zero-order valence-corrected chi connectivity index (χ0v) is 44.0. The lowest BCUT2D eigenvalue weighted by Crippen LogP contribution is -2.53. The van der Waals surface area contributed by atoms with Crippen LogP contribution < -0.4 is 5.32 Å². The smallest absolute Gasteiger partial charge is 0.249 e. The summed E-state index contributed by atoms with van der Waals surface area (Å²) in [5.41, 5.74) is 0. The van der Waals surface area contributed by atoms with Crippen LogP contribution in [0.2, 0.25) is 0 Å². The first kappa shape index (κ1) is 64.0. The lowest BCUT2D eigenvalue weighted by molar-refractivity contribution is -0.132. The molecule has 0 saturated heterocycles. The SMILES string of the molecule is CCCCCCCCCCCCCCCCCCCCCCC/C=C/CCCC(O)C(O)C(CO)NC(=O)C(O)CCCCCCCCCCCCCCCCCCCCCCCCC. The van der Waals surface area contributed by atoms with Gasteiger partial charge in [-0.2, -0.15) is 0 Å². The summed E-state index contributed by atoms with van der Waals surface area (Å²) in [6, 6.07) is -0.999. The summed E-state index contributed by atoms with van der Waals surface area (Å²) < 4.78 is 0. The molecule has 0 bridgehead atoms. The Balaban J connectivity index is 3.61. The monoisotopic (exact) mass is 920 g/mol. The molecular formula is C59H117NO5. The van der Waals surface area contributed by atoms with E-state index in [-0.39, 0.29) is 0 Å². The van der Waals surface area contributed by atoms with Crippen LogP contribution in [0.5, 0.6) is 0 Å². The van der Waals surface area contributed by atoms with Crippen LogP contribution in [-0.2, 0) is 4.79 Å². The summed E-state index contributed by atoms with van der Waals surface area (Å²) in [7, 11) is 0. The first-order valence-corrected chi connectivity index (χ1v) is 29.6. The van der Waals surface area contributed by atoms with Gasteiger partial charge in [-0.25, -0.2) is 0 Å². The molecule has 1 amide bonds. The Morgan fingerprint density at radius 2 is 0.631 bits per heavy atom. The zero-order valence-electron chi connectivity index (χ0n) is 44.0. The van der Waals surface area contributed by atoms with E-state index in [0.29, 0.717) is 12.8 Å². The first-order valence-electron chi connectivity index (χ1n) is 29.6. The summed E-state index contributed by atoms with van der Waals surface area (Å²) >= 11 is 0. The maximum absolute atomic E-state index is 12.6. The van der Waals surface area contributed by atoms with E-state index in [4.69, 9.17) is 0 Å². The highest BCUT2D eigenvalue weighted by Crippen LogP contribution is 2.18. The second-order valence-corrected chi connectivity index (χ2v) is 20.7. The minimum Gasteiger partial charge on any atom is -0.394 e. The van der Waals surface area contributed by atoms with Crippen molar-refractivity contribution in [1.82, 2.24) is 5.32 Å². The number of allylic oxidation sites excluding steroid dienone is 2. The van der Waals surface area contributed by atoms with Crippen LogP contribution >= 0.6 is 0 Å². The summed E-state index contributed by atoms with van der Waals surface area (Å²) in [4.78, 5) is 12.6. The van der Waals surface area contributed by atoms with Gasteiger partial charge in [-0.05, 0) is 38.5 Å². The van der Waals surface area contributed by atoms with E-state index in [1.165, 1.54) is 263 Å². The molecule has 0 heterocycles. The highest BCUT2D eigenvalue weighted by molar-refractivity contribution is 5.80. The predicted molar refractivity (Wildman–Crippen MR) is 284 cm³/mol. The molecule has 0 saturated carbocycles. The molecule has 0 aliphatic rings. The molecule has 388 valence electrons. The number of rotatable bonds is 55. The molecule has 0 rings (SSSR count). The van der Waals surface area contributed by atoms with Gasteiger partial charge in [0.05, 0.1) is 18.8 Å². The van der Waals surface area contributed by atoms with Crippen LogP contribution in [0.15, 0.2) is 12.2 Å². The quantitative estimate of drug-likeness (QED) is 0.0308. The Morgan fingerprint density at radius 3 is 0.923 bits per heavy atom. The second-order valence-electron chi connectivity index (χ2n) is 20.7. The van der Waals surface area contributed by atoms with Crippen molar-refractivity contribution in [1.29, 1.82) is 0 Å². The van der Waals surface area contributed by atoms with Gasteiger partial charge in [0.1, 0.15) is 12.2 Å². The van der Waals surface area contributed by atoms with Gasteiger partial charge < -0.3 is 25.7 Å². The summed E-state index contributed by atoms with van der Waals surface area (Å²) in [6.07, 6.45) is 64.4. The van der Waals surface area contributed by atoms with Gasteiger partial charge >= 0.3 is 0 Å². The number of unbranched alkanes of at least 4 members (excludes halogenated alkanes) is 44. The van der Waals surface area contributed by atoms with E-state index in [9.17, 15) is 25.2 Å². The van der Waals surface area contributed by atoms with Crippen molar-refractivity contribution in [2.75, 3.05) is 6.61 Å². The fraction of sp³-hybridized carbons (Fsp3) is 0.949. The Morgan fingerprint density at radius 1 is 0.369 bits per heavy atom. The molecule has 5 N–H and O–H groups in total. The van der Waals surface area contributed by atoms with Crippen molar-refractivity contribution >= 4 is 5.91 Å². The molecule has 0 aliphatic carbocycles. The molecule has 0 aliphatic heterocycles. The maximum Gasteiger partial charge on any atom is 0.249 e. The molecule has 0 aromatic heterocycles. The minimum absolute atomic E-state index is 0.369. The summed E-state index contributed by atoms with van der Waals surface area (Å²) in [5.74, 6) is -0.586. The van der Waals surface area contributed by atoms with E-state index in [1.807, 2.05) is 0 Å². The molecule has 6 nitrogen and oxygen atoms in total. The second kappa shape index (κ2) is 54.0. The Bertz CT molecular complexity index is 944. The number of carbonyl (C=O) groups is 1. The Labute approximate surface area is 406 Å². The van der Waals surface area contributed by atoms with Crippen LogP contribution in [0.3, 0.4) is 0 Å².